The SMILES string of the molecule is CN=C/C(=C\N)Cn1c(Cl)nc2c(Cl)cc(C3(NS)CC3)cc2c1=O. The summed E-state index contributed by atoms with van der Waals surface area (Å²) >= 11 is 16.8. The predicted molar refractivity (Wildman–Crippen MR) is 106 cm³/mol. The highest BCUT2D eigenvalue weighted by Gasteiger charge is 2.43. The normalized spacial score (nSPS) is 16.7. The third kappa shape index (κ3) is 3.29. The van der Waals surface area contributed by atoms with Gasteiger partial charge in [0, 0.05) is 25.0 Å². The van der Waals surface area contributed by atoms with Gasteiger partial charge in [-0.05, 0) is 42.1 Å². The third-order valence-electron chi connectivity index (χ3n) is 4.33. The Morgan fingerprint density at radius 2 is 2.24 bits per heavy atom. The fourth-order valence-electron chi connectivity index (χ4n) is 2.75. The molecule has 1 fully saturated rings. The van der Waals surface area contributed by atoms with Crippen molar-refractivity contribution in [2.75, 3.05) is 7.05 Å². The lowest BCUT2D eigenvalue weighted by molar-refractivity contribution is 0.683. The number of aliphatic imine (C=N–C) groups is 1. The second kappa shape index (κ2) is 6.99. The zero-order valence-corrected chi connectivity index (χ0v) is 15.9. The molecule has 0 spiro atoms. The minimum atomic E-state index is -0.280. The molecule has 2 aromatic rings. The van der Waals surface area contributed by atoms with Gasteiger partial charge in [0.2, 0.25) is 5.28 Å². The zero-order chi connectivity index (χ0) is 18.2. The number of rotatable bonds is 5. The van der Waals surface area contributed by atoms with Crippen LogP contribution in [0.4, 0.5) is 0 Å². The Labute approximate surface area is 160 Å². The van der Waals surface area contributed by atoms with Gasteiger partial charge in [-0.25, -0.2) is 4.98 Å². The maximum atomic E-state index is 13.0. The van der Waals surface area contributed by atoms with Crippen LogP contribution in [-0.4, -0.2) is 22.8 Å². The lowest BCUT2D eigenvalue weighted by Gasteiger charge is -2.16. The quantitative estimate of drug-likeness (QED) is 0.411. The second-order valence-corrected chi connectivity index (χ2v) is 6.92. The monoisotopic (exact) mass is 397 g/mol. The van der Waals surface area contributed by atoms with Crippen LogP contribution in [0.5, 0.6) is 0 Å². The second-order valence-electron chi connectivity index (χ2n) is 5.95. The van der Waals surface area contributed by atoms with E-state index >= 15 is 0 Å². The van der Waals surface area contributed by atoms with Crippen LogP contribution in [0.2, 0.25) is 10.3 Å². The third-order valence-corrected chi connectivity index (χ3v) is 5.34. The van der Waals surface area contributed by atoms with Crippen molar-refractivity contribution in [3.05, 3.63) is 50.1 Å². The van der Waals surface area contributed by atoms with Gasteiger partial charge in [0.05, 0.1) is 28.0 Å². The number of hydrogen-bond donors (Lipinski definition) is 3. The van der Waals surface area contributed by atoms with Crippen LogP contribution < -0.4 is 16.0 Å². The van der Waals surface area contributed by atoms with Crippen molar-refractivity contribution in [3.8, 4) is 0 Å². The molecular formula is C16H17Cl2N5OS. The molecule has 3 N–H and O–H groups in total. The highest BCUT2D eigenvalue weighted by atomic mass is 35.5. The number of halogens is 2. The topological polar surface area (TPSA) is 85.3 Å². The summed E-state index contributed by atoms with van der Waals surface area (Å²) in [6.45, 7) is 0.173. The van der Waals surface area contributed by atoms with E-state index < -0.39 is 0 Å². The molecule has 3 rings (SSSR count). The fourth-order valence-corrected chi connectivity index (χ4v) is 3.58. The average Bonchev–Trinajstić information content (AvgIpc) is 3.39. The van der Waals surface area contributed by atoms with Gasteiger partial charge in [-0.15, -0.1) is 0 Å². The maximum Gasteiger partial charge on any atom is 0.262 e. The molecule has 6 nitrogen and oxygen atoms in total. The Hall–Kier alpha value is -1.54. The van der Waals surface area contributed by atoms with Crippen molar-refractivity contribution in [1.82, 2.24) is 14.3 Å². The molecule has 9 heteroatoms. The zero-order valence-electron chi connectivity index (χ0n) is 13.5. The molecule has 1 aromatic carbocycles. The van der Waals surface area contributed by atoms with E-state index in [0.29, 0.717) is 21.5 Å². The Bertz CT molecular complexity index is 950. The Kier molecular flexibility index (Phi) is 5.11. The highest BCUT2D eigenvalue weighted by Crippen LogP contribution is 2.47. The first kappa shape index (κ1) is 18.3. The summed E-state index contributed by atoms with van der Waals surface area (Å²) in [5.74, 6) is 0. The molecule has 1 aliphatic rings. The number of hydrogen-bond acceptors (Lipinski definition) is 6. The largest absolute Gasteiger partial charge is 0.404 e. The molecule has 0 saturated heterocycles. The van der Waals surface area contributed by atoms with Crippen LogP contribution in [0.15, 0.2) is 33.7 Å². The van der Waals surface area contributed by atoms with Crippen molar-refractivity contribution >= 4 is 53.1 Å². The van der Waals surface area contributed by atoms with Crippen LogP contribution in [-0.2, 0) is 12.1 Å². The van der Waals surface area contributed by atoms with Gasteiger partial charge in [0.1, 0.15) is 0 Å². The summed E-state index contributed by atoms with van der Waals surface area (Å²) in [5.41, 5.74) is 7.00. The Morgan fingerprint density at radius 1 is 1.52 bits per heavy atom. The lowest BCUT2D eigenvalue weighted by Crippen LogP contribution is -2.25. The first-order valence-corrected chi connectivity index (χ1v) is 8.80. The lowest BCUT2D eigenvalue weighted by atomic mass is 10.0. The van der Waals surface area contributed by atoms with Gasteiger partial charge in [0.25, 0.3) is 5.56 Å². The Balaban J connectivity index is 2.19. The van der Waals surface area contributed by atoms with E-state index in [4.69, 9.17) is 28.9 Å². The van der Waals surface area contributed by atoms with E-state index in [1.54, 1.807) is 19.3 Å². The molecule has 1 aromatic heterocycles. The predicted octanol–water partition coefficient (Wildman–Crippen LogP) is 2.67. The summed E-state index contributed by atoms with van der Waals surface area (Å²) < 4.78 is 4.35. The van der Waals surface area contributed by atoms with E-state index in [1.807, 2.05) is 6.07 Å². The van der Waals surface area contributed by atoms with Crippen LogP contribution in [0.3, 0.4) is 0 Å². The molecule has 0 aliphatic heterocycles. The van der Waals surface area contributed by atoms with Crippen LogP contribution in [0.25, 0.3) is 10.9 Å². The number of nitrogens with two attached hydrogens (primary N) is 1. The van der Waals surface area contributed by atoms with E-state index in [0.717, 1.165) is 18.4 Å². The summed E-state index contributed by atoms with van der Waals surface area (Å²) in [7, 11) is 1.62. The molecule has 0 amide bonds. The molecule has 1 heterocycles. The molecule has 132 valence electrons. The highest BCUT2D eigenvalue weighted by molar-refractivity contribution is 7.78. The molecular weight excluding hydrogens is 381 g/mol. The number of aromatic nitrogens is 2. The van der Waals surface area contributed by atoms with E-state index in [-0.39, 0.29) is 22.9 Å². The smallest absolute Gasteiger partial charge is 0.262 e. The molecule has 0 bridgehead atoms. The van der Waals surface area contributed by atoms with Gasteiger partial charge in [-0.1, -0.05) is 24.4 Å². The number of fused-ring (bicyclic) bond motifs is 1. The van der Waals surface area contributed by atoms with Crippen LogP contribution >= 0.6 is 36.0 Å². The summed E-state index contributed by atoms with van der Waals surface area (Å²) in [4.78, 5) is 21.2. The summed E-state index contributed by atoms with van der Waals surface area (Å²) in [6.07, 6.45) is 4.81. The first-order chi connectivity index (χ1) is 12.0. The molecule has 1 saturated carbocycles. The fraction of sp³-hybridized carbons (Fsp3) is 0.312. The van der Waals surface area contributed by atoms with Crippen molar-refractivity contribution < 1.29 is 0 Å². The van der Waals surface area contributed by atoms with Crippen LogP contribution in [0.1, 0.15) is 18.4 Å². The number of thiol groups is 1. The number of benzene rings is 1. The van der Waals surface area contributed by atoms with Crippen molar-refractivity contribution in [2.45, 2.75) is 24.9 Å². The van der Waals surface area contributed by atoms with E-state index in [1.165, 1.54) is 10.8 Å². The molecule has 0 unspecified atom stereocenters. The number of nitrogens with zero attached hydrogens (tertiary/aromatic N) is 3. The molecule has 0 atom stereocenters. The molecule has 25 heavy (non-hydrogen) atoms. The maximum absolute atomic E-state index is 13.0. The number of allylic oxidation sites excluding steroid dienone is 1. The molecule has 1 aliphatic carbocycles. The van der Waals surface area contributed by atoms with Gasteiger partial charge in [-0.3, -0.25) is 19.1 Å². The van der Waals surface area contributed by atoms with Gasteiger partial charge >= 0.3 is 0 Å². The standard InChI is InChI=1S/C16H17Cl2N5OS/c1-20-7-9(6-19)8-23-14(24)11-4-10(16(22-25)2-3-16)5-12(17)13(11)21-15(23)18/h4-7,22,25H,2-3,8,19H2,1H3/b9-6+,20-7?. The van der Waals surface area contributed by atoms with Crippen LogP contribution in [0, 0.1) is 0 Å². The Morgan fingerprint density at radius 3 is 2.80 bits per heavy atom. The van der Waals surface area contributed by atoms with Gasteiger partial charge in [0.15, 0.2) is 0 Å². The number of nitrogens with one attached hydrogen (secondary N) is 1. The summed E-state index contributed by atoms with van der Waals surface area (Å²) in [5, 5.41) is 0.842. The van der Waals surface area contributed by atoms with E-state index in [2.05, 4.69) is 27.5 Å². The average molecular weight is 398 g/mol. The van der Waals surface area contributed by atoms with E-state index in [9.17, 15) is 4.79 Å². The van der Waals surface area contributed by atoms with Gasteiger partial charge < -0.3 is 5.73 Å². The van der Waals surface area contributed by atoms with Gasteiger partial charge in [-0.2, -0.15) is 0 Å². The minimum absolute atomic E-state index is 0.0458. The minimum Gasteiger partial charge on any atom is -0.404 e. The van der Waals surface area contributed by atoms with Crippen molar-refractivity contribution in [1.29, 1.82) is 0 Å². The molecule has 0 radical (unpaired) electrons. The van der Waals surface area contributed by atoms with Crippen molar-refractivity contribution in [2.24, 2.45) is 10.7 Å². The summed E-state index contributed by atoms with van der Waals surface area (Å²) in [6, 6.07) is 3.61. The first-order valence-electron chi connectivity index (χ1n) is 7.60. The van der Waals surface area contributed by atoms with Crippen molar-refractivity contribution in [3.63, 3.8) is 0 Å².